The lowest BCUT2D eigenvalue weighted by atomic mass is 10.2. The number of benzene rings is 1. The number of nitrogens with one attached hydrogen (secondary N) is 1. The van der Waals surface area contributed by atoms with Gasteiger partial charge in [0.05, 0.1) is 18.4 Å². The molecule has 0 saturated heterocycles. The second kappa shape index (κ2) is 8.19. The summed E-state index contributed by atoms with van der Waals surface area (Å²) in [7, 11) is 0. The number of hydrogen-bond donors (Lipinski definition) is 1. The summed E-state index contributed by atoms with van der Waals surface area (Å²) in [5, 5.41) is 11.4. The van der Waals surface area contributed by atoms with Gasteiger partial charge >= 0.3 is 0 Å². The molecule has 0 aliphatic rings. The van der Waals surface area contributed by atoms with E-state index in [-0.39, 0.29) is 0 Å². The van der Waals surface area contributed by atoms with Gasteiger partial charge in [0.15, 0.2) is 5.82 Å². The molecule has 0 amide bonds. The van der Waals surface area contributed by atoms with Crippen LogP contribution in [0.15, 0.2) is 60.9 Å². The SMILES string of the molecule is CC(C)N(Cc1ccccc1)c1cnnc(NCc2ccccn2)n1. The first-order valence-corrected chi connectivity index (χ1v) is 8.36. The Balaban J connectivity index is 1.73. The maximum Gasteiger partial charge on any atom is 0.245 e. The van der Waals surface area contributed by atoms with Crippen molar-refractivity contribution in [2.24, 2.45) is 0 Å². The lowest BCUT2D eigenvalue weighted by Gasteiger charge is -2.27. The Hall–Kier alpha value is -3.02. The minimum absolute atomic E-state index is 0.292. The Bertz CT molecular complexity index is 776. The number of pyridine rings is 1. The number of aromatic nitrogens is 4. The Morgan fingerprint density at radius 2 is 1.84 bits per heavy atom. The Labute approximate surface area is 148 Å². The molecule has 0 spiro atoms. The van der Waals surface area contributed by atoms with Gasteiger partial charge in [-0.1, -0.05) is 36.4 Å². The molecule has 0 aliphatic heterocycles. The summed E-state index contributed by atoms with van der Waals surface area (Å²) in [6.45, 7) is 5.63. The number of nitrogens with zero attached hydrogens (tertiary/aromatic N) is 5. The van der Waals surface area contributed by atoms with Crippen molar-refractivity contribution in [3.63, 3.8) is 0 Å². The van der Waals surface area contributed by atoms with Crippen molar-refractivity contribution in [1.29, 1.82) is 0 Å². The first-order valence-electron chi connectivity index (χ1n) is 8.36. The van der Waals surface area contributed by atoms with Crippen LogP contribution >= 0.6 is 0 Å². The number of hydrogen-bond acceptors (Lipinski definition) is 6. The molecule has 25 heavy (non-hydrogen) atoms. The smallest absolute Gasteiger partial charge is 0.245 e. The zero-order valence-corrected chi connectivity index (χ0v) is 14.5. The zero-order valence-electron chi connectivity index (χ0n) is 14.5. The van der Waals surface area contributed by atoms with Crippen LogP contribution in [0.1, 0.15) is 25.1 Å². The third-order valence-corrected chi connectivity index (χ3v) is 3.81. The van der Waals surface area contributed by atoms with Gasteiger partial charge in [-0.3, -0.25) is 4.98 Å². The van der Waals surface area contributed by atoms with Crippen LogP contribution in [0, 0.1) is 0 Å². The summed E-state index contributed by atoms with van der Waals surface area (Å²) in [5.41, 5.74) is 2.17. The van der Waals surface area contributed by atoms with Crippen molar-refractivity contribution in [2.45, 2.75) is 33.0 Å². The van der Waals surface area contributed by atoms with Crippen molar-refractivity contribution in [2.75, 3.05) is 10.2 Å². The van der Waals surface area contributed by atoms with Gasteiger partial charge in [0.1, 0.15) is 0 Å². The lowest BCUT2D eigenvalue weighted by Crippen LogP contribution is -2.31. The maximum atomic E-state index is 4.62. The monoisotopic (exact) mass is 334 g/mol. The average Bonchev–Trinajstić information content (AvgIpc) is 2.66. The molecule has 0 atom stereocenters. The highest BCUT2D eigenvalue weighted by Gasteiger charge is 2.14. The van der Waals surface area contributed by atoms with E-state index in [0.717, 1.165) is 18.1 Å². The summed E-state index contributed by atoms with van der Waals surface area (Å²) in [5.74, 6) is 1.30. The Morgan fingerprint density at radius 3 is 2.56 bits per heavy atom. The number of anilines is 2. The molecule has 0 bridgehead atoms. The van der Waals surface area contributed by atoms with Crippen LogP contribution in [0.5, 0.6) is 0 Å². The minimum Gasteiger partial charge on any atom is -0.348 e. The van der Waals surface area contributed by atoms with E-state index in [1.807, 2.05) is 36.4 Å². The largest absolute Gasteiger partial charge is 0.348 e. The first kappa shape index (κ1) is 16.8. The summed E-state index contributed by atoms with van der Waals surface area (Å²) in [6, 6.07) is 16.5. The van der Waals surface area contributed by atoms with E-state index in [2.05, 4.69) is 56.4 Å². The Kier molecular flexibility index (Phi) is 5.51. The molecule has 6 nitrogen and oxygen atoms in total. The molecule has 0 aliphatic carbocycles. The van der Waals surface area contributed by atoms with Crippen LogP contribution in [0.2, 0.25) is 0 Å². The summed E-state index contributed by atoms with van der Waals surface area (Å²) >= 11 is 0. The van der Waals surface area contributed by atoms with E-state index < -0.39 is 0 Å². The molecule has 1 N–H and O–H groups in total. The van der Waals surface area contributed by atoms with Crippen LogP contribution < -0.4 is 10.2 Å². The molecular formula is C19H22N6. The normalized spacial score (nSPS) is 10.7. The average molecular weight is 334 g/mol. The van der Waals surface area contributed by atoms with Gasteiger partial charge in [0.2, 0.25) is 5.95 Å². The zero-order chi connectivity index (χ0) is 17.5. The van der Waals surface area contributed by atoms with E-state index in [4.69, 9.17) is 0 Å². The van der Waals surface area contributed by atoms with Crippen LogP contribution in [-0.4, -0.2) is 26.2 Å². The third kappa shape index (κ3) is 4.73. The molecule has 128 valence electrons. The van der Waals surface area contributed by atoms with Crippen LogP contribution in [0.25, 0.3) is 0 Å². The van der Waals surface area contributed by atoms with Crippen LogP contribution in [0.4, 0.5) is 11.8 Å². The predicted octanol–water partition coefficient (Wildman–Crippen LogP) is 3.29. The minimum atomic E-state index is 0.292. The number of rotatable bonds is 7. The van der Waals surface area contributed by atoms with E-state index in [1.54, 1.807) is 12.4 Å². The summed E-state index contributed by atoms with van der Waals surface area (Å²) in [4.78, 5) is 11.1. The predicted molar refractivity (Wildman–Crippen MR) is 99.2 cm³/mol. The molecule has 6 heteroatoms. The van der Waals surface area contributed by atoms with Gasteiger partial charge in [-0.15, -0.1) is 5.10 Å². The molecule has 0 saturated carbocycles. The maximum absolute atomic E-state index is 4.62. The van der Waals surface area contributed by atoms with Gasteiger partial charge in [-0.2, -0.15) is 10.1 Å². The first-order chi connectivity index (χ1) is 12.2. The molecule has 0 radical (unpaired) electrons. The highest BCUT2D eigenvalue weighted by Crippen LogP contribution is 2.18. The fourth-order valence-corrected chi connectivity index (χ4v) is 2.49. The van der Waals surface area contributed by atoms with E-state index >= 15 is 0 Å². The fraction of sp³-hybridized carbons (Fsp3) is 0.263. The lowest BCUT2D eigenvalue weighted by molar-refractivity contribution is 0.667. The van der Waals surface area contributed by atoms with Crippen molar-refractivity contribution in [3.05, 3.63) is 72.2 Å². The highest BCUT2D eigenvalue weighted by atomic mass is 15.3. The van der Waals surface area contributed by atoms with Crippen molar-refractivity contribution >= 4 is 11.8 Å². The molecular weight excluding hydrogens is 312 g/mol. The molecule has 1 aromatic carbocycles. The van der Waals surface area contributed by atoms with Crippen molar-refractivity contribution < 1.29 is 0 Å². The Morgan fingerprint density at radius 1 is 1.04 bits per heavy atom. The molecule has 3 aromatic rings. The summed E-state index contributed by atoms with van der Waals surface area (Å²) < 4.78 is 0. The van der Waals surface area contributed by atoms with Crippen molar-refractivity contribution in [3.8, 4) is 0 Å². The molecule has 2 aromatic heterocycles. The fourth-order valence-electron chi connectivity index (χ4n) is 2.49. The van der Waals surface area contributed by atoms with Gasteiger partial charge in [-0.25, -0.2) is 0 Å². The highest BCUT2D eigenvalue weighted by molar-refractivity contribution is 5.42. The van der Waals surface area contributed by atoms with E-state index in [1.165, 1.54) is 5.56 Å². The third-order valence-electron chi connectivity index (χ3n) is 3.81. The second-order valence-electron chi connectivity index (χ2n) is 6.02. The topological polar surface area (TPSA) is 66.8 Å². The summed E-state index contributed by atoms with van der Waals surface area (Å²) in [6.07, 6.45) is 3.47. The molecule has 2 heterocycles. The standard InChI is InChI=1S/C19H22N6/c1-15(2)25(14-16-8-4-3-5-9-16)18-13-22-24-19(23-18)21-12-17-10-6-7-11-20-17/h3-11,13,15H,12,14H2,1-2H3,(H,21,23,24). The van der Waals surface area contributed by atoms with Gasteiger partial charge in [0.25, 0.3) is 0 Å². The van der Waals surface area contributed by atoms with E-state index in [0.29, 0.717) is 18.5 Å². The molecule has 0 fully saturated rings. The van der Waals surface area contributed by atoms with E-state index in [9.17, 15) is 0 Å². The second-order valence-corrected chi connectivity index (χ2v) is 6.02. The van der Waals surface area contributed by atoms with Gasteiger partial charge < -0.3 is 10.2 Å². The van der Waals surface area contributed by atoms with Crippen LogP contribution in [0.3, 0.4) is 0 Å². The van der Waals surface area contributed by atoms with Crippen molar-refractivity contribution in [1.82, 2.24) is 20.2 Å². The van der Waals surface area contributed by atoms with Gasteiger partial charge in [0, 0.05) is 18.8 Å². The molecule has 3 rings (SSSR count). The quantitative estimate of drug-likeness (QED) is 0.715. The molecule has 0 unspecified atom stereocenters. The van der Waals surface area contributed by atoms with Gasteiger partial charge in [-0.05, 0) is 31.5 Å². The van der Waals surface area contributed by atoms with Crippen LogP contribution in [-0.2, 0) is 13.1 Å².